The summed E-state index contributed by atoms with van der Waals surface area (Å²) in [7, 11) is 0. The summed E-state index contributed by atoms with van der Waals surface area (Å²) in [6.45, 7) is 2.47. The van der Waals surface area contributed by atoms with E-state index in [1.54, 1.807) is 24.3 Å². The predicted octanol–water partition coefficient (Wildman–Crippen LogP) is 3.78. The molecule has 0 heterocycles. The van der Waals surface area contributed by atoms with Crippen LogP contribution in [0.15, 0.2) is 48.5 Å². The molecule has 0 spiro atoms. The molecule has 1 N–H and O–H groups in total. The first-order valence-electron chi connectivity index (χ1n) is 7.47. The highest BCUT2D eigenvalue weighted by atomic mass is 32.2. The highest BCUT2D eigenvalue weighted by molar-refractivity contribution is 8.00. The smallest absolute Gasteiger partial charge is 0.234 e. The van der Waals surface area contributed by atoms with Crippen molar-refractivity contribution in [3.05, 3.63) is 59.9 Å². The fraction of sp³-hybridized carbons (Fsp3) is 0.222. The van der Waals surface area contributed by atoms with E-state index in [-0.39, 0.29) is 29.0 Å². The van der Waals surface area contributed by atoms with E-state index in [0.29, 0.717) is 17.9 Å². The first-order chi connectivity index (χ1) is 11.6. The summed E-state index contributed by atoms with van der Waals surface area (Å²) < 4.78 is 18.1. The van der Waals surface area contributed by atoms with Crippen molar-refractivity contribution < 1.29 is 18.7 Å². The highest BCUT2D eigenvalue weighted by Gasteiger charge is 2.09. The van der Waals surface area contributed by atoms with Gasteiger partial charge in [-0.15, -0.1) is 11.8 Å². The van der Waals surface area contributed by atoms with Gasteiger partial charge in [-0.2, -0.15) is 0 Å². The van der Waals surface area contributed by atoms with E-state index < -0.39 is 0 Å². The van der Waals surface area contributed by atoms with E-state index in [9.17, 15) is 14.0 Å². The Hall–Kier alpha value is -2.34. The number of rotatable bonds is 8. The molecule has 0 bridgehead atoms. The summed E-state index contributed by atoms with van der Waals surface area (Å²) >= 11 is 1.23. The number of ketones is 1. The summed E-state index contributed by atoms with van der Waals surface area (Å²) in [6.07, 6.45) is 0. The molecule has 0 aromatic heterocycles. The molecule has 2 rings (SSSR count). The average Bonchev–Trinajstić information content (AvgIpc) is 2.58. The molecule has 2 aromatic carbocycles. The Bertz CT molecular complexity index is 686. The van der Waals surface area contributed by atoms with Crippen molar-refractivity contribution in [2.75, 3.05) is 23.4 Å². The molecule has 4 nitrogen and oxygen atoms in total. The summed E-state index contributed by atoms with van der Waals surface area (Å²) in [5, 5.41) is 2.65. The van der Waals surface area contributed by atoms with Crippen LogP contribution in [0.4, 0.5) is 10.1 Å². The summed E-state index contributed by atoms with van der Waals surface area (Å²) in [4.78, 5) is 23.8. The summed E-state index contributed by atoms with van der Waals surface area (Å²) in [5.41, 5.74) is 1.12. The normalized spacial score (nSPS) is 10.2. The van der Waals surface area contributed by atoms with Gasteiger partial charge in [0, 0.05) is 11.3 Å². The van der Waals surface area contributed by atoms with E-state index in [1.807, 2.05) is 6.92 Å². The number of Topliss-reactive ketones (excluding diaryl/α,β-unsaturated/α-hetero) is 1. The van der Waals surface area contributed by atoms with E-state index in [1.165, 1.54) is 36.0 Å². The third kappa shape index (κ3) is 5.70. The first-order valence-corrected chi connectivity index (χ1v) is 8.63. The number of ether oxygens (including phenoxy) is 1. The minimum absolute atomic E-state index is 0.0439. The van der Waals surface area contributed by atoms with E-state index >= 15 is 0 Å². The van der Waals surface area contributed by atoms with Crippen molar-refractivity contribution in [1.82, 2.24) is 0 Å². The fourth-order valence-corrected chi connectivity index (χ4v) is 2.67. The monoisotopic (exact) mass is 347 g/mol. The van der Waals surface area contributed by atoms with Crippen molar-refractivity contribution >= 4 is 29.1 Å². The Morgan fingerprint density at radius 3 is 2.33 bits per heavy atom. The molecular weight excluding hydrogens is 329 g/mol. The maximum absolute atomic E-state index is 12.8. The standard InChI is InChI=1S/C18H18FNO3S/c1-2-23-16-9-3-13(4-10-16)17(21)11-24-12-18(22)20-15-7-5-14(19)6-8-15/h3-10H,2,11-12H2,1H3,(H,20,22). The van der Waals surface area contributed by atoms with Crippen LogP contribution in [0.25, 0.3) is 0 Å². The maximum Gasteiger partial charge on any atom is 0.234 e. The first kappa shape index (κ1) is 18.0. The molecule has 0 saturated carbocycles. The fourth-order valence-electron chi connectivity index (χ4n) is 1.95. The van der Waals surface area contributed by atoms with Gasteiger partial charge in [-0.3, -0.25) is 9.59 Å². The highest BCUT2D eigenvalue weighted by Crippen LogP contribution is 2.15. The molecule has 0 unspecified atom stereocenters. The molecule has 0 aliphatic carbocycles. The number of carbonyl (C=O) groups excluding carboxylic acids is 2. The predicted molar refractivity (Wildman–Crippen MR) is 94.3 cm³/mol. The van der Waals surface area contributed by atoms with Crippen molar-refractivity contribution in [3.8, 4) is 5.75 Å². The molecule has 0 saturated heterocycles. The van der Waals surface area contributed by atoms with Crippen LogP contribution in [-0.4, -0.2) is 29.8 Å². The minimum Gasteiger partial charge on any atom is -0.494 e. The largest absolute Gasteiger partial charge is 0.494 e. The number of benzene rings is 2. The Morgan fingerprint density at radius 1 is 1.04 bits per heavy atom. The van der Waals surface area contributed by atoms with Crippen molar-refractivity contribution in [1.29, 1.82) is 0 Å². The van der Waals surface area contributed by atoms with E-state index in [0.717, 1.165) is 5.75 Å². The van der Waals surface area contributed by atoms with Crippen LogP contribution in [0.2, 0.25) is 0 Å². The van der Waals surface area contributed by atoms with Gasteiger partial charge in [-0.1, -0.05) is 0 Å². The van der Waals surface area contributed by atoms with Gasteiger partial charge in [-0.05, 0) is 55.5 Å². The van der Waals surface area contributed by atoms with Crippen LogP contribution < -0.4 is 10.1 Å². The van der Waals surface area contributed by atoms with Crippen LogP contribution >= 0.6 is 11.8 Å². The van der Waals surface area contributed by atoms with Crippen molar-refractivity contribution in [3.63, 3.8) is 0 Å². The van der Waals surface area contributed by atoms with Crippen LogP contribution in [-0.2, 0) is 4.79 Å². The van der Waals surface area contributed by atoms with E-state index in [4.69, 9.17) is 4.74 Å². The Morgan fingerprint density at radius 2 is 1.71 bits per heavy atom. The lowest BCUT2D eigenvalue weighted by Crippen LogP contribution is -2.15. The second-order valence-electron chi connectivity index (χ2n) is 4.93. The lowest BCUT2D eigenvalue weighted by atomic mass is 10.1. The van der Waals surface area contributed by atoms with Gasteiger partial charge in [0.15, 0.2) is 5.78 Å². The van der Waals surface area contributed by atoms with Crippen LogP contribution in [0.1, 0.15) is 17.3 Å². The van der Waals surface area contributed by atoms with Gasteiger partial charge in [0.2, 0.25) is 5.91 Å². The molecule has 0 aliphatic rings. The molecule has 6 heteroatoms. The summed E-state index contributed by atoms with van der Waals surface area (Å²) in [6, 6.07) is 12.5. The summed E-state index contributed by atoms with van der Waals surface area (Å²) in [5.74, 6) is 0.456. The number of anilines is 1. The molecule has 1 amide bonds. The maximum atomic E-state index is 12.8. The van der Waals surface area contributed by atoms with Crippen LogP contribution in [0.3, 0.4) is 0 Å². The zero-order chi connectivity index (χ0) is 17.4. The molecule has 126 valence electrons. The van der Waals surface area contributed by atoms with Gasteiger partial charge < -0.3 is 10.1 Å². The molecule has 0 atom stereocenters. The number of hydrogen-bond acceptors (Lipinski definition) is 4. The lowest BCUT2D eigenvalue weighted by Gasteiger charge is -2.06. The molecule has 0 fully saturated rings. The minimum atomic E-state index is -0.358. The van der Waals surface area contributed by atoms with Gasteiger partial charge >= 0.3 is 0 Å². The number of nitrogens with one attached hydrogen (secondary N) is 1. The average molecular weight is 347 g/mol. The molecule has 24 heavy (non-hydrogen) atoms. The van der Waals surface area contributed by atoms with Gasteiger partial charge in [0.05, 0.1) is 18.1 Å². The van der Waals surface area contributed by atoms with Crippen molar-refractivity contribution in [2.45, 2.75) is 6.92 Å². The number of hydrogen-bond donors (Lipinski definition) is 1. The Kier molecular flexibility index (Phi) is 6.81. The Labute approximate surface area is 144 Å². The Balaban J connectivity index is 1.75. The van der Waals surface area contributed by atoms with Crippen molar-refractivity contribution in [2.24, 2.45) is 0 Å². The molecular formula is C18H18FNO3S. The zero-order valence-corrected chi connectivity index (χ0v) is 14.1. The second-order valence-corrected chi connectivity index (χ2v) is 5.91. The van der Waals surface area contributed by atoms with Gasteiger partial charge in [0.1, 0.15) is 11.6 Å². The van der Waals surface area contributed by atoms with E-state index in [2.05, 4.69) is 5.32 Å². The van der Waals surface area contributed by atoms with Gasteiger partial charge in [-0.25, -0.2) is 4.39 Å². The number of thioether (sulfide) groups is 1. The lowest BCUT2D eigenvalue weighted by molar-refractivity contribution is -0.113. The van der Waals surface area contributed by atoms with Crippen LogP contribution in [0, 0.1) is 5.82 Å². The third-order valence-corrected chi connectivity index (χ3v) is 4.01. The SMILES string of the molecule is CCOc1ccc(C(=O)CSCC(=O)Nc2ccc(F)cc2)cc1. The molecule has 0 radical (unpaired) electrons. The zero-order valence-electron chi connectivity index (χ0n) is 13.3. The quantitative estimate of drug-likeness (QED) is 0.739. The number of amides is 1. The van der Waals surface area contributed by atoms with Crippen LogP contribution in [0.5, 0.6) is 5.75 Å². The topological polar surface area (TPSA) is 55.4 Å². The third-order valence-electron chi connectivity index (χ3n) is 3.08. The van der Waals surface area contributed by atoms with Gasteiger partial charge in [0.25, 0.3) is 0 Å². The number of carbonyl (C=O) groups is 2. The number of halogens is 1. The molecule has 0 aliphatic heterocycles. The molecule has 2 aromatic rings. The second kappa shape index (κ2) is 9.08.